The average molecular weight is 213 g/mol. The number of nitrogens with two attached hydrogens (primary N) is 1. The maximum atomic E-state index is 5.62. The fraction of sp³-hybridized carbons (Fsp3) is 0.231. The maximum Gasteiger partial charge on any atom is 0.220 e. The topological polar surface area (TPSA) is 51.8 Å². The zero-order valence-corrected chi connectivity index (χ0v) is 9.78. The molecule has 1 heterocycles. The maximum absolute atomic E-state index is 5.62. The predicted octanol–water partition coefficient (Wildman–Crippen LogP) is 2.65. The number of aromatic nitrogens is 2. The van der Waals surface area contributed by atoms with Gasteiger partial charge in [0.15, 0.2) is 0 Å². The number of aryl methyl sites for hydroxylation is 3. The summed E-state index contributed by atoms with van der Waals surface area (Å²) in [7, 11) is 0. The number of anilines is 1. The molecular weight excluding hydrogens is 198 g/mol. The van der Waals surface area contributed by atoms with Gasteiger partial charge >= 0.3 is 0 Å². The molecule has 1 aromatic carbocycles. The van der Waals surface area contributed by atoms with Crippen LogP contribution in [0.5, 0.6) is 0 Å². The minimum absolute atomic E-state index is 0.320. The molecule has 1 aromatic heterocycles. The van der Waals surface area contributed by atoms with Crippen molar-refractivity contribution in [1.82, 2.24) is 9.97 Å². The molecule has 0 radical (unpaired) electrons. The summed E-state index contributed by atoms with van der Waals surface area (Å²) < 4.78 is 0. The van der Waals surface area contributed by atoms with Crippen LogP contribution >= 0.6 is 0 Å². The van der Waals surface area contributed by atoms with Crippen molar-refractivity contribution >= 4 is 5.95 Å². The summed E-state index contributed by atoms with van der Waals surface area (Å²) in [6.07, 6.45) is 1.76. The van der Waals surface area contributed by atoms with Crippen LogP contribution in [0.3, 0.4) is 0 Å². The average Bonchev–Trinajstić information content (AvgIpc) is 2.22. The Kier molecular flexibility index (Phi) is 2.60. The van der Waals surface area contributed by atoms with E-state index in [0.717, 1.165) is 16.8 Å². The van der Waals surface area contributed by atoms with E-state index in [4.69, 9.17) is 5.73 Å². The van der Waals surface area contributed by atoms with Crippen molar-refractivity contribution in [2.24, 2.45) is 0 Å². The Bertz CT molecular complexity index is 533. The quantitative estimate of drug-likeness (QED) is 0.792. The number of rotatable bonds is 1. The molecule has 2 aromatic rings. The monoisotopic (exact) mass is 213 g/mol. The van der Waals surface area contributed by atoms with E-state index in [2.05, 4.69) is 42.0 Å². The van der Waals surface area contributed by atoms with Crippen molar-refractivity contribution in [1.29, 1.82) is 0 Å². The molecular formula is C13H15N3. The van der Waals surface area contributed by atoms with Crippen molar-refractivity contribution < 1.29 is 0 Å². The summed E-state index contributed by atoms with van der Waals surface area (Å²) in [6, 6.07) is 6.31. The Labute approximate surface area is 95.4 Å². The molecule has 0 spiro atoms. The van der Waals surface area contributed by atoms with Gasteiger partial charge in [-0.2, -0.15) is 0 Å². The second-order valence-electron chi connectivity index (χ2n) is 4.08. The fourth-order valence-electron chi connectivity index (χ4n) is 1.81. The van der Waals surface area contributed by atoms with E-state index >= 15 is 0 Å². The highest BCUT2D eigenvalue weighted by Gasteiger charge is 2.07. The lowest BCUT2D eigenvalue weighted by atomic mass is 10.0. The summed E-state index contributed by atoms with van der Waals surface area (Å²) in [5, 5.41) is 0. The van der Waals surface area contributed by atoms with E-state index in [-0.39, 0.29) is 0 Å². The molecule has 0 saturated carbocycles. The molecule has 16 heavy (non-hydrogen) atoms. The molecule has 3 nitrogen and oxygen atoms in total. The van der Waals surface area contributed by atoms with Crippen molar-refractivity contribution in [3.05, 3.63) is 41.1 Å². The zero-order valence-electron chi connectivity index (χ0n) is 9.78. The van der Waals surface area contributed by atoms with Gasteiger partial charge in [0.2, 0.25) is 5.95 Å². The van der Waals surface area contributed by atoms with Gasteiger partial charge in [0.25, 0.3) is 0 Å². The summed E-state index contributed by atoms with van der Waals surface area (Å²) in [4.78, 5) is 8.28. The highest BCUT2D eigenvalue weighted by atomic mass is 15.0. The zero-order chi connectivity index (χ0) is 11.7. The van der Waals surface area contributed by atoms with Crippen LogP contribution in [0.25, 0.3) is 11.3 Å². The summed E-state index contributed by atoms with van der Waals surface area (Å²) in [5.74, 6) is 0.320. The van der Waals surface area contributed by atoms with E-state index in [1.165, 1.54) is 11.1 Å². The van der Waals surface area contributed by atoms with Crippen LogP contribution in [0.2, 0.25) is 0 Å². The van der Waals surface area contributed by atoms with Crippen LogP contribution in [0.15, 0.2) is 24.4 Å². The Morgan fingerprint density at radius 2 is 1.81 bits per heavy atom. The molecule has 0 fully saturated rings. The van der Waals surface area contributed by atoms with Gasteiger partial charge in [0.1, 0.15) is 0 Å². The number of hydrogen-bond donors (Lipinski definition) is 1. The molecule has 0 aliphatic carbocycles. The van der Waals surface area contributed by atoms with E-state index in [9.17, 15) is 0 Å². The molecule has 0 aliphatic heterocycles. The first-order valence-corrected chi connectivity index (χ1v) is 5.24. The van der Waals surface area contributed by atoms with E-state index in [1.54, 1.807) is 6.20 Å². The third-order valence-electron chi connectivity index (χ3n) is 2.63. The van der Waals surface area contributed by atoms with Gasteiger partial charge in [-0.3, -0.25) is 0 Å². The Balaban J connectivity index is 2.62. The molecule has 0 unspecified atom stereocenters. The molecule has 0 bridgehead atoms. The minimum Gasteiger partial charge on any atom is -0.368 e. The van der Waals surface area contributed by atoms with Crippen molar-refractivity contribution in [2.45, 2.75) is 20.8 Å². The molecule has 0 atom stereocenters. The van der Waals surface area contributed by atoms with Crippen molar-refractivity contribution in [3.8, 4) is 11.3 Å². The SMILES string of the molecule is Cc1ccc(-c2nc(N)ncc2C)c(C)c1. The second kappa shape index (κ2) is 3.93. The molecule has 2 N–H and O–H groups in total. The van der Waals surface area contributed by atoms with Gasteiger partial charge in [0, 0.05) is 11.8 Å². The van der Waals surface area contributed by atoms with Gasteiger partial charge in [-0.25, -0.2) is 9.97 Å². The van der Waals surface area contributed by atoms with Gasteiger partial charge in [0.05, 0.1) is 5.69 Å². The van der Waals surface area contributed by atoms with Crippen LogP contribution in [0, 0.1) is 20.8 Å². The molecule has 2 rings (SSSR count). The number of hydrogen-bond acceptors (Lipinski definition) is 3. The Morgan fingerprint density at radius 3 is 2.50 bits per heavy atom. The molecule has 0 aliphatic rings. The van der Waals surface area contributed by atoms with Gasteiger partial charge < -0.3 is 5.73 Å². The minimum atomic E-state index is 0.320. The highest BCUT2D eigenvalue weighted by molar-refractivity contribution is 5.67. The van der Waals surface area contributed by atoms with E-state index < -0.39 is 0 Å². The van der Waals surface area contributed by atoms with Crippen LogP contribution in [-0.2, 0) is 0 Å². The van der Waals surface area contributed by atoms with E-state index in [1.807, 2.05) is 6.92 Å². The Hall–Kier alpha value is -1.90. The molecule has 0 amide bonds. The summed E-state index contributed by atoms with van der Waals surface area (Å²) >= 11 is 0. The Morgan fingerprint density at radius 1 is 1.06 bits per heavy atom. The highest BCUT2D eigenvalue weighted by Crippen LogP contribution is 2.25. The van der Waals surface area contributed by atoms with Crippen molar-refractivity contribution in [2.75, 3.05) is 5.73 Å². The van der Waals surface area contributed by atoms with Crippen LogP contribution in [-0.4, -0.2) is 9.97 Å². The standard InChI is InChI=1S/C13H15N3/c1-8-4-5-11(9(2)6-8)12-10(3)7-15-13(14)16-12/h4-7H,1-3H3,(H2,14,15,16). The molecule has 3 heteroatoms. The molecule has 82 valence electrons. The summed E-state index contributed by atoms with van der Waals surface area (Å²) in [5.41, 5.74) is 11.2. The van der Waals surface area contributed by atoms with Crippen molar-refractivity contribution in [3.63, 3.8) is 0 Å². The normalized spacial score (nSPS) is 10.4. The first kappa shape index (κ1) is 10.6. The molecule has 0 saturated heterocycles. The lowest BCUT2D eigenvalue weighted by molar-refractivity contribution is 1.15. The summed E-state index contributed by atoms with van der Waals surface area (Å²) in [6.45, 7) is 6.16. The third-order valence-corrected chi connectivity index (χ3v) is 2.63. The number of benzene rings is 1. The van der Waals surface area contributed by atoms with Gasteiger partial charge in [-0.05, 0) is 31.9 Å². The van der Waals surface area contributed by atoms with E-state index in [0.29, 0.717) is 5.95 Å². The first-order valence-electron chi connectivity index (χ1n) is 5.24. The van der Waals surface area contributed by atoms with Crippen LogP contribution in [0.1, 0.15) is 16.7 Å². The lowest BCUT2D eigenvalue weighted by Crippen LogP contribution is -1.99. The largest absolute Gasteiger partial charge is 0.368 e. The van der Waals surface area contributed by atoms with Crippen LogP contribution < -0.4 is 5.73 Å². The van der Waals surface area contributed by atoms with Gasteiger partial charge in [-0.15, -0.1) is 0 Å². The second-order valence-corrected chi connectivity index (χ2v) is 4.08. The predicted molar refractivity (Wildman–Crippen MR) is 66.1 cm³/mol. The fourth-order valence-corrected chi connectivity index (χ4v) is 1.81. The van der Waals surface area contributed by atoms with Crippen LogP contribution in [0.4, 0.5) is 5.95 Å². The number of nitrogens with zero attached hydrogens (tertiary/aromatic N) is 2. The third kappa shape index (κ3) is 1.89. The smallest absolute Gasteiger partial charge is 0.220 e. The number of nitrogen functional groups attached to an aromatic ring is 1. The van der Waals surface area contributed by atoms with Gasteiger partial charge in [-0.1, -0.05) is 23.8 Å². The first-order chi connectivity index (χ1) is 7.58. The lowest BCUT2D eigenvalue weighted by Gasteiger charge is -2.09.